The molecule has 1 amide bonds. The zero-order chi connectivity index (χ0) is 23.7. The number of alkyl halides is 2. The maximum atomic E-state index is 13.3. The Balaban J connectivity index is 1.44. The number of thiazole rings is 1. The number of amides is 1. The van der Waals surface area contributed by atoms with Gasteiger partial charge in [0.15, 0.2) is 11.0 Å². The van der Waals surface area contributed by atoms with Crippen LogP contribution in [0.3, 0.4) is 0 Å². The number of carbonyl (C=O) groups excluding carboxylic acids is 1. The minimum atomic E-state index is -2.72. The quantitative estimate of drug-likeness (QED) is 0.303. The van der Waals surface area contributed by atoms with Gasteiger partial charge in [-0.05, 0) is 23.9 Å². The number of nitrogens with zero attached hydrogens (tertiary/aromatic N) is 5. The molecule has 0 unspecified atom stereocenters. The van der Waals surface area contributed by atoms with E-state index in [1.807, 2.05) is 47.8 Å². The number of aryl methyl sites for hydroxylation is 1. The molecule has 0 fully saturated rings. The number of hydrogen-bond donors (Lipinski definition) is 1. The van der Waals surface area contributed by atoms with Crippen LogP contribution in [0, 0.1) is 6.92 Å². The molecular weight excluding hydrogens is 478 g/mol. The monoisotopic (exact) mass is 496 g/mol. The molecule has 7 nitrogen and oxygen atoms in total. The van der Waals surface area contributed by atoms with Crippen LogP contribution < -0.4 is 5.32 Å². The van der Waals surface area contributed by atoms with Crippen LogP contribution in [-0.4, -0.2) is 30.2 Å². The predicted molar refractivity (Wildman–Crippen MR) is 128 cm³/mol. The number of nitrogens with one attached hydrogen (secondary N) is 1. The highest BCUT2D eigenvalue weighted by Gasteiger charge is 2.22. The summed E-state index contributed by atoms with van der Waals surface area (Å²) in [5.41, 5.74) is 2.54. The Bertz CT molecular complexity index is 1420. The molecule has 0 saturated heterocycles. The molecule has 0 saturated carbocycles. The van der Waals surface area contributed by atoms with Crippen molar-refractivity contribution in [2.75, 3.05) is 5.32 Å². The van der Waals surface area contributed by atoms with Gasteiger partial charge in [0, 0.05) is 18.6 Å². The Morgan fingerprint density at radius 2 is 2.00 bits per heavy atom. The van der Waals surface area contributed by atoms with Gasteiger partial charge in [-0.15, -0.1) is 11.3 Å². The van der Waals surface area contributed by atoms with Crippen molar-refractivity contribution in [3.05, 3.63) is 83.3 Å². The third kappa shape index (κ3) is 4.39. The van der Waals surface area contributed by atoms with Gasteiger partial charge in [-0.25, -0.2) is 9.97 Å². The van der Waals surface area contributed by atoms with Gasteiger partial charge in [-0.3, -0.25) is 19.4 Å². The van der Waals surface area contributed by atoms with E-state index in [0.717, 1.165) is 26.3 Å². The summed E-state index contributed by atoms with van der Waals surface area (Å²) < 4.78 is 29.1. The number of rotatable bonds is 7. The molecule has 172 valence electrons. The van der Waals surface area contributed by atoms with E-state index in [0.29, 0.717) is 33.5 Å². The summed E-state index contributed by atoms with van der Waals surface area (Å²) >= 11 is 2.59. The summed E-state index contributed by atoms with van der Waals surface area (Å²) in [6, 6.07) is 13.7. The van der Waals surface area contributed by atoms with E-state index in [1.54, 1.807) is 17.8 Å². The summed E-state index contributed by atoms with van der Waals surface area (Å²) in [6.07, 6.45) is 4.24. The normalized spacial score (nSPS) is 11.3. The van der Waals surface area contributed by atoms with E-state index in [-0.39, 0.29) is 11.7 Å². The molecule has 1 N–H and O–H groups in total. The number of hydrogen-bond acceptors (Lipinski definition) is 6. The zero-order valence-corrected chi connectivity index (χ0v) is 19.5. The summed E-state index contributed by atoms with van der Waals surface area (Å²) in [4.78, 5) is 23.0. The third-order valence-corrected chi connectivity index (χ3v) is 6.99. The van der Waals surface area contributed by atoms with Crippen molar-refractivity contribution < 1.29 is 13.6 Å². The molecule has 5 aromatic rings. The number of carbonyl (C=O) groups is 1. The van der Waals surface area contributed by atoms with Gasteiger partial charge in [0.05, 0.1) is 27.6 Å². The number of aromatic nitrogens is 5. The standard InChI is InChI=1S/C23H18F2N6OS2/c1-14-19(20-26-9-10-31(20)22(24)25)34-23(27-14)28-21(32)16-13-30(12-15-6-3-2-4-7-15)29-18(16)17-8-5-11-33-17/h2-11,13,22H,12H2,1H3,(H,27,28,32). The van der Waals surface area contributed by atoms with Crippen LogP contribution in [-0.2, 0) is 6.54 Å². The maximum Gasteiger partial charge on any atom is 0.320 e. The van der Waals surface area contributed by atoms with Crippen LogP contribution in [0.15, 0.2) is 66.4 Å². The molecular formula is C23H18F2N6OS2. The smallest absolute Gasteiger partial charge is 0.298 e. The van der Waals surface area contributed by atoms with Gasteiger partial charge in [-0.1, -0.05) is 47.7 Å². The molecule has 0 atom stereocenters. The lowest BCUT2D eigenvalue weighted by Crippen LogP contribution is -2.12. The van der Waals surface area contributed by atoms with E-state index in [9.17, 15) is 13.6 Å². The molecule has 0 radical (unpaired) electrons. The fraction of sp³-hybridized carbons (Fsp3) is 0.130. The Labute approximate surface area is 201 Å². The van der Waals surface area contributed by atoms with Gasteiger partial charge >= 0.3 is 6.55 Å². The van der Waals surface area contributed by atoms with Crippen LogP contribution in [0.2, 0.25) is 0 Å². The Kier molecular flexibility index (Phi) is 6.03. The molecule has 0 aliphatic carbocycles. The van der Waals surface area contributed by atoms with Crippen LogP contribution in [0.25, 0.3) is 21.3 Å². The highest BCUT2D eigenvalue weighted by molar-refractivity contribution is 7.19. The number of imidazole rings is 1. The van der Waals surface area contributed by atoms with Crippen LogP contribution in [0.1, 0.15) is 28.2 Å². The average Bonchev–Trinajstić information content (AvgIpc) is 3.61. The Morgan fingerprint density at radius 1 is 1.18 bits per heavy atom. The van der Waals surface area contributed by atoms with Crippen molar-refractivity contribution in [3.63, 3.8) is 0 Å². The Hall–Kier alpha value is -3.70. The Morgan fingerprint density at radius 3 is 2.74 bits per heavy atom. The molecule has 1 aromatic carbocycles. The van der Waals surface area contributed by atoms with E-state index in [4.69, 9.17) is 0 Å². The lowest BCUT2D eigenvalue weighted by Gasteiger charge is -2.04. The first-order chi connectivity index (χ1) is 16.5. The predicted octanol–water partition coefficient (Wildman–Crippen LogP) is 5.94. The highest BCUT2D eigenvalue weighted by atomic mass is 32.1. The summed E-state index contributed by atoms with van der Waals surface area (Å²) in [5.74, 6) is -0.263. The fourth-order valence-electron chi connectivity index (χ4n) is 3.50. The minimum Gasteiger partial charge on any atom is -0.298 e. The van der Waals surface area contributed by atoms with Gasteiger partial charge in [-0.2, -0.15) is 13.9 Å². The zero-order valence-electron chi connectivity index (χ0n) is 17.9. The van der Waals surface area contributed by atoms with Crippen LogP contribution in [0.4, 0.5) is 13.9 Å². The van der Waals surface area contributed by atoms with Crippen molar-refractivity contribution in [2.24, 2.45) is 0 Å². The third-order valence-electron chi connectivity index (χ3n) is 5.05. The SMILES string of the molecule is Cc1nc(NC(=O)c2cn(Cc3ccccc3)nc2-c2cccs2)sc1-c1nccn1C(F)F. The van der Waals surface area contributed by atoms with Crippen molar-refractivity contribution in [1.82, 2.24) is 24.3 Å². The largest absolute Gasteiger partial charge is 0.320 e. The van der Waals surface area contributed by atoms with E-state index >= 15 is 0 Å². The van der Waals surface area contributed by atoms with Gasteiger partial charge in [0.1, 0.15) is 5.69 Å². The highest BCUT2D eigenvalue weighted by Crippen LogP contribution is 2.34. The molecule has 11 heteroatoms. The fourth-order valence-corrected chi connectivity index (χ4v) is 5.19. The number of halogens is 2. The molecule has 0 aliphatic heterocycles. The summed E-state index contributed by atoms with van der Waals surface area (Å²) in [5, 5.41) is 9.69. The van der Waals surface area contributed by atoms with E-state index in [1.165, 1.54) is 23.7 Å². The van der Waals surface area contributed by atoms with E-state index < -0.39 is 6.55 Å². The van der Waals surface area contributed by atoms with Crippen LogP contribution in [0.5, 0.6) is 0 Å². The van der Waals surface area contributed by atoms with Crippen LogP contribution >= 0.6 is 22.7 Å². The lowest BCUT2D eigenvalue weighted by molar-refractivity contribution is 0.0720. The molecule has 0 spiro atoms. The van der Waals surface area contributed by atoms with Gasteiger partial charge < -0.3 is 0 Å². The maximum absolute atomic E-state index is 13.3. The average molecular weight is 497 g/mol. The first-order valence-corrected chi connectivity index (χ1v) is 11.9. The molecule has 4 heterocycles. The minimum absolute atomic E-state index is 0.112. The topological polar surface area (TPSA) is 77.6 Å². The first kappa shape index (κ1) is 22.1. The van der Waals surface area contributed by atoms with Crippen molar-refractivity contribution >= 4 is 33.7 Å². The molecule has 34 heavy (non-hydrogen) atoms. The second-order valence-electron chi connectivity index (χ2n) is 7.38. The van der Waals surface area contributed by atoms with Gasteiger partial charge in [0.25, 0.3) is 5.91 Å². The number of anilines is 1. The lowest BCUT2D eigenvalue weighted by atomic mass is 10.2. The number of benzene rings is 1. The number of thiophene rings is 1. The first-order valence-electron chi connectivity index (χ1n) is 10.2. The molecule has 5 rings (SSSR count). The summed E-state index contributed by atoms with van der Waals surface area (Å²) in [7, 11) is 0. The van der Waals surface area contributed by atoms with Gasteiger partial charge in [0.2, 0.25) is 0 Å². The second-order valence-corrected chi connectivity index (χ2v) is 9.32. The molecule has 4 aromatic heterocycles. The molecule has 0 bridgehead atoms. The van der Waals surface area contributed by atoms with E-state index in [2.05, 4.69) is 20.4 Å². The second kappa shape index (κ2) is 9.27. The van der Waals surface area contributed by atoms with Crippen molar-refractivity contribution in [3.8, 4) is 21.3 Å². The summed E-state index contributed by atoms with van der Waals surface area (Å²) in [6.45, 7) is -0.509. The molecule has 0 aliphatic rings. The van der Waals surface area contributed by atoms with Crippen molar-refractivity contribution in [2.45, 2.75) is 20.0 Å². The van der Waals surface area contributed by atoms with Crippen molar-refractivity contribution in [1.29, 1.82) is 0 Å².